The molecule has 33 heavy (non-hydrogen) atoms. The van der Waals surface area contributed by atoms with Crippen molar-refractivity contribution in [2.24, 2.45) is 11.8 Å². The van der Waals surface area contributed by atoms with Gasteiger partial charge < -0.3 is 15.3 Å². The standard InChI is InChI=1S/C15H21N.C12H17N.C2H4O2/c1-13(2)16-10-8-15(9-11-16)12-14-6-4-3-5-7-14;1-2-4-11(5-3-1)10-12-6-8-13-9-7-12;1-2(3)4/h3-7,15H,1,8-12H2,2H3;1-5,12-13H,6-10H2;1H3,(H,3,4). The molecule has 0 saturated carbocycles. The van der Waals surface area contributed by atoms with Gasteiger partial charge >= 0.3 is 0 Å². The van der Waals surface area contributed by atoms with Crippen molar-refractivity contribution < 1.29 is 9.90 Å². The molecule has 4 rings (SSSR count). The molecule has 2 aromatic carbocycles. The molecule has 0 radical (unpaired) electrons. The van der Waals surface area contributed by atoms with Gasteiger partial charge in [-0.05, 0) is 81.5 Å². The van der Waals surface area contributed by atoms with Gasteiger partial charge in [0.2, 0.25) is 0 Å². The third kappa shape index (κ3) is 11.7. The average Bonchev–Trinajstić information content (AvgIpc) is 2.82. The number of aliphatic carboxylic acids is 1. The molecule has 2 N–H and O–H groups in total. The fourth-order valence-corrected chi connectivity index (χ4v) is 4.50. The highest BCUT2D eigenvalue weighted by Gasteiger charge is 2.18. The topological polar surface area (TPSA) is 52.6 Å². The molecule has 4 heteroatoms. The second kappa shape index (κ2) is 15.3. The van der Waals surface area contributed by atoms with E-state index in [-0.39, 0.29) is 0 Å². The molecule has 2 saturated heterocycles. The maximum Gasteiger partial charge on any atom is 0.300 e. The van der Waals surface area contributed by atoms with Gasteiger partial charge in [0, 0.05) is 25.7 Å². The highest BCUT2D eigenvalue weighted by molar-refractivity contribution is 5.62. The fraction of sp³-hybridized carbons (Fsp3) is 0.483. The van der Waals surface area contributed by atoms with Crippen molar-refractivity contribution in [2.45, 2.75) is 52.4 Å². The Morgan fingerprint density at radius 2 is 1.24 bits per heavy atom. The highest BCUT2D eigenvalue weighted by Crippen LogP contribution is 2.23. The minimum absolute atomic E-state index is 0.833. The summed E-state index contributed by atoms with van der Waals surface area (Å²) < 4.78 is 0. The summed E-state index contributed by atoms with van der Waals surface area (Å²) in [5, 5.41) is 10.8. The van der Waals surface area contributed by atoms with E-state index in [4.69, 9.17) is 9.90 Å². The van der Waals surface area contributed by atoms with E-state index in [2.05, 4.69) is 84.4 Å². The van der Waals surface area contributed by atoms with Crippen LogP contribution in [0.3, 0.4) is 0 Å². The SMILES string of the molecule is C=C(C)N1CCC(Cc2ccccc2)CC1.CC(=O)O.c1ccc(CC2CCNCC2)cc1. The second-order valence-electron chi connectivity index (χ2n) is 9.26. The van der Waals surface area contributed by atoms with Crippen molar-refractivity contribution in [3.8, 4) is 0 Å². The molecular formula is C29H42N2O2. The number of nitrogens with zero attached hydrogens (tertiary/aromatic N) is 1. The number of allylic oxidation sites excluding steroid dienone is 1. The van der Waals surface area contributed by atoms with Gasteiger partial charge in [0.1, 0.15) is 0 Å². The number of carboxylic acids is 1. The van der Waals surface area contributed by atoms with Gasteiger partial charge in [-0.15, -0.1) is 0 Å². The van der Waals surface area contributed by atoms with E-state index < -0.39 is 5.97 Å². The van der Waals surface area contributed by atoms with Gasteiger partial charge in [-0.1, -0.05) is 67.2 Å². The van der Waals surface area contributed by atoms with E-state index in [1.165, 1.54) is 81.5 Å². The van der Waals surface area contributed by atoms with Gasteiger partial charge in [0.15, 0.2) is 0 Å². The molecule has 0 aliphatic carbocycles. The number of hydrogen-bond acceptors (Lipinski definition) is 3. The Labute approximate surface area is 200 Å². The van der Waals surface area contributed by atoms with Crippen LogP contribution < -0.4 is 5.32 Å². The average molecular weight is 451 g/mol. The van der Waals surface area contributed by atoms with Crippen LogP contribution in [0.25, 0.3) is 0 Å². The Morgan fingerprint density at radius 3 is 1.64 bits per heavy atom. The molecule has 0 amide bonds. The van der Waals surface area contributed by atoms with Crippen molar-refractivity contribution in [3.05, 3.63) is 84.1 Å². The Bertz CT molecular complexity index is 789. The summed E-state index contributed by atoms with van der Waals surface area (Å²) in [6.45, 7) is 12.0. The lowest BCUT2D eigenvalue weighted by Crippen LogP contribution is -2.32. The summed E-state index contributed by atoms with van der Waals surface area (Å²) in [6.07, 6.45) is 7.81. The summed E-state index contributed by atoms with van der Waals surface area (Å²) in [5.41, 5.74) is 4.20. The first-order valence-electron chi connectivity index (χ1n) is 12.3. The zero-order valence-corrected chi connectivity index (χ0v) is 20.5. The van der Waals surface area contributed by atoms with E-state index in [1.807, 2.05) is 0 Å². The number of carboxylic acid groups (broad SMARTS) is 1. The van der Waals surface area contributed by atoms with Gasteiger partial charge in [-0.3, -0.25) is 4.79 Å². The smallest absolute Gasteiger partial charge is 0.300 e. The van der Waals surface area contributed by atoms with Crippen LogP contribution in [0, 0.1) is 11.8 Å². The predicted octanol–water partition coefficient (Wildman–Crippen LogP) is 5.79. The molecule has 0 aromatic heterocycles. The lowest BCUT2D eigenvalue weighted by atomic mass is 9.90. The molecule has 0 spiro atoms. The van der Waals surface area contributed by atoms with Gasteiger partial charge in [-0.2, -0.15) is 0 Å². The molecule has 2 fully saturated rings. The number of likely N-dealkylation sites (tertiary alicyclic amines) is 1. The monoisotopic (exact) mass is 450 g/mol. The number of rotatable bonds is 5. The van der Waals surface area contributed by atoms with Gasteiger partial charge in [0.25, 0.3) is 5.97 Å². The molecule has 2 heterocycles. The molecule has 4 nitrogen and oxygen atoms in total. The van der Waals surface area contributed by atoms with Crippen LogP contribution in [0.2, 0.25) is 0 Å². The Balaban J connectivity index is 0.000000204. The van der Waals surface area contributed by atoms with Crippen LogP contribution in [-0.2, 0) is 17.6 Å². The first kappa shape index (κ1) is 26.7. The third-order valence-electron chi connectivity index (χ3n) is 6.35. The van der Waals surface area contributed by atoms with E-state index in [0.717, 1.165) is 18.8 Å². The summed E-state index contributed by atoms with van der Waals surface area (Å²) in [5.74, 6) is 0.932. The maximum atomic E-state index is 9.00. The predicted molar refractivity (Wildman–Crippen MR) is 138 cm³/mol. The second-order valence-corrected chi connectivity index (χ2v) is 9.26. The minimum Gasteiger partial charge on any atom is -0.481 e. The zero-order chi connectivity index (χ0) is 23.9. The van der Waals surface area contributed by atoms with Crippen molar-refractivity contribution in [3.63, 3.8) is 0 Å². The highest BCUT2D eigenvalue weighted by atomic mass is 16.4. The lowest BCUT2D eigenvalue weighted by molar-refractivity contribution is -0.134. The van der Waals surface area contributed by atoms with Crippen LogP contribution in [0.5, 0.6) is 0 Å². The number of benzene rings is 2. The molecule has 0 unspecified atom stereocenters. The largest absolute Gasteiger partial charge is 0.481 e. The van der Waals surface area contributed by atoms with Crippen molar-refractivity contribution in [2.75, 3.05) is 26.2 Å². The lowest BCUT2D eigenvalue weighted by Gasteiger charge is -2.33. The number of piperidine rings is 2. The van der Waals surface area contributed by atoms with Crippen molar-refractivity contribution >= 4 is 5.97 Å². The summed E-state index contributed by atoms with van der Waals surface area (Å²) >= 11 is 0. The molecule has 2 aliphatic rings. The van der Waals surface area contributed by atoms with Crippen molar-refractivity contribution in [1.29, 1.82) is 0 Å². The number of nitrogens with one attached hydrogen (secondary N) is 1. The fourth-order valence-electron chi connectivity index (χ4n) is 4.50. The van der Waals surface area contributed by atoms with E-state index in [1.54, 1.807) is 0 Å². The molecule has 0 bridgehead atoms. The number of hydrogen-bond donors (Lipinski definition) is 2. The van der Waals surface area contributed by atoms with E-state index >= 15 is 0 Å². The Hall–Kier alpha value is -2.59. The van der Waals surface area contributed by atoms with Crippen LogP contribution in [0.4, 0.5) is 0 Å². The Morgan fingerprint density at radius 1 is 0.848 bits per heavy atom. The summed E-state index contributed by atoms with van der Waals surface area (Å²) in [4.78, 5) is 11.4. The molecule has 2 aliphatic heterocycles. The normalized spacial score (nSPS) is 16.6. The van der Waals surface area contributed by atoms with Gasteiger partial charge in [-0.25, -0.2) is 0 Å². The zero-order valence-electron chi connectivity index (χ0n) is 20.5. The molecular weight excluding hydrogens is 408 g/mol. The van der Waals surface area contributed by atoms with Gasteiger partial charge in [0.05, 0.1) is 0 Å². The quantitative estimate of drug-likeness (QED) is 0.605. The van der Waals surface area contributed by atoms with Crippen LogP contribution in [0.15, 0.2) is 72.9 Å². The first-order chi connectivity index (χ1) is 15.9. The maximum absolute atomic E-state index is 9.00. The van der Waals surface area contributed by atoms with Crippen LogP contribution >= 0.6 is 0 Å². The third-order valence-corrected chi connectivity index (χ3v) is 6.35. The van der Waals surface area contributed by atoms with Crippen LogP contribution in [-0.4, -0.2) is 42.2 Å². The van der Waals surface area contributed by atoms with E-state index in [9.17, 15) is 0 Å². The Kier molecular flexibility index (Phi) is 12.3. The van der Waals surface area contributed by atoms with E-state index in [0.29, 0.717) is 0 Å². The van der Waals surface area contributed by atoms with Crippen molar-refractivity contribution in [1.82, 2.24) is 10.2 Å². The molecule has 180 valence electrons. The number of carbonyl (C=O) groups is 1. The molecule has 2 aromatic rings. The molecule has 0 atom stereocenters. The summed E-state index contributed by atoms with van der Waals surface area (Å²) in [6, 6.07) is 21.7. The minimum atomic E-state index is -0.833. The van der Waals surface area contributed by atoms with Crippen LogP contribution in [0.1, 0.15) is 50.7 Å². The first-order valence-corrected chi connectivity index (χ1v) is 12.3. The summed E-state index contributed by atoms with van der Waals surface area (Å²) in [7, 11) is 0.